The van der Waals surface area contributed by atoms with E-state index in [1.807, 2.05) is 17.8 Å². The molecule has 19 heavy (non-hydrogen) atoms. The number of carbonyl (C=O) groups excluding carboxylic acids is 1. The highest BCUT2D eigenvalue weighted by atomic mass is 32.2. The number of amides is 1. The normalized spacial score (nSPS) is 20.7. The molecule has 0 radical (unpaired) electrons. The molecule has 0 spiro atoms. The lowest BCUT2D eigenvalue weighted by Gasteiger charge is -2.29. The molecule has 2 aliphatic rings. The molecule has 1 aromatic rings. The van der Waals surface area contributed by atoms with Crippen LogP contribution in [0, 0.1) is 5.92 Å². The van der Waals surface area contributed by atoms with E-state index in [-0.39, 0.29) is 5.92 Å². The van der Waals surface area contributed by atoms with Crippen molar-refractivity contribution >= 4 is 23.4 Å². The second-order valence-electron chi connectivity index (χ2n) is 5.49. The molecule has 0 N–H and O–H groups in total. The van der Waals surface area contributed by atoms with Gasteiger partial charge >= 0.3 is 0 Å². The molecule has 102 valence electrons. The van der Waals surface area contributed by atoms with Gasteiger partial charge in [-0.3, -0.25) is 4.79 Å². The predicted octanol–water partition coefficient (Wildman–Crippen LogP) is 4.10. The monoisotopic (exact) mass is 275 g/mol. The SMILES string of the molecule is O=C(C1CCCCC1)N1CCCSc2ccccc21. The number of benzene rings is 1. The summed E-state index contributed by atoms with van der Waals surface area (Å²) in [5.41, 5.74) is 1.14. The lowest BCUT2D eigenvalue weighted by atomic mass is 9.88. The molecule has 1 aliphatic carbocycles. The molecule has 3 rings (SSSR count). The summed E-state index contributed by atoms with van der Waals surface area (Å²) in [6, 6.07) is 8.37. The van der Waals surface area contributed by atoms with Gasteiger partial charge in [-0.1, -0.05) is 31.4 Å². The van der Waals surface area contributed by atoms with Crippen LogP contribution >= 0.6 is 11.8 Å². The smallest absolute Gasteiger partial charge is 0.230 e. The van der Waals surface area contributed by atoms with Gasteiger partial charge in [-0.15, -0.1) is 11.8 Å². The van der Waals surface area contributed by atoms with E-state index in [4.69, 9.17) is 0 Å². The minimum Gasteiger partial charge on any atom is -0.311 e. The first-order valence-corrected chi connectivity index (χ1v) is 8.38. The summed E-state index contributed by atoms with van der Waals surface area (Å²) in [6.07, 6.45) is 7.02. The number of nitrogens with zero attached hydrogens (tertiary/aromatic N) is 1. The van der Waals surface area contributed by atoms with Crippen LogP contribution in [0.25, 0.3) is 0 Å². The summed E-state index contributed by atoms with van der Waals surface area (Å²) < 4.78 is 0. The summed E-state index contributed by atoms with van der Waals surface area (Å²) in [4.78, 5) is 16.1. The van der Waals surface area contributed by atoms with Crippen molar-refractivity contribution in [1.29, 1.82) is 0 Å². The predicted molar refractivity (Wildman–Crippen MR) is 80.7 cm³/mol. The number of anilines is 1. The van der Waals surface area contributed by atoms with Crippen LogP contribution in [0.2, 0.25) is 0 Å². The molecular weight excluding hydrogens is 254 g/mol. The summed E-state index contributed by atoms with van der Waals surface area (Å²) in [5, 5.41) is 0. The second-order valence-corrected chi connectivity index (χ2v) is 6.63. The van der Waals surface area contributed by atoms with E-state index in [0.717, 1.165) is 37.2 Å². The van der Waals surface area contributed by atoms with E-state index >= 15 is 0 Å². The van der Waals surface area contributed by atoms with Gasteiger partial charge in [0, 0.05) is 17.4 Å². The minimum absolute atomic E-state index is 0.268. The van der Waals surface area contributed by atoms with Crippen LogP contribution in [0.3, 0.4) is 0 Å². The first-order valence-electron chi connectivity index (χ1n) is 7.39. The van der Waals surface area contributed by atoms with Gasteiger partial charge in [0.2, 0.25) is 5.91 Å². The molecule has 1 heterocycles. The van der Waals surface area contributed by atoms with Crippen molar-refractivity contribution in [3.63, 3.8) is 0 Å². The van der Waals surface area contributed by atoms with E-state index in [0.29, 0.717) is 5.91 Å². The zero-order chi connectivity index (χ0) is 13.1. The van der Waals surface area contributed by atoms with Crippen LogP contribution in [0.4, 0.5) is 5.69 Å². The zero-order valence-electron chi connectivity index (χ0n) is 11.3. The topological polar surface area (TPSA) is 20.3 Å². The number of hydrogen-bond donors (Lipinski definition) is 0. The number of fused-ring (bicyclic) bond motifs is 1. The van der Waals surface area contributed by atoms with Crippen LogP contribution in [-0.4, -0.2) is 18.2 Å². The number of thioether (sulfide) groups is 1. The van der Waals surface area contributed by atoms with Crippen molar-refractivity contribution in [3.05, 3.63) is 24.3 Å². The number of para-hydroxylation sites is 1. The van der Waals surface area contributed by atoms with Gasteiger partial charge in [0.25, 0.3) is 0 Å². The fourth-order valence-corrected chi connectivity index (χ4v) is 4.12. The highest BCUT2D eigenvalue weighted by Gasteiger charge is 2.28. The zero-order valence-corrected chi connectivity index (χ0v) is 12.1. The molecule has 0 unspecified atom stereocenters. The lowest BCUT2D eigenvalue weighted by molar-refractivity contribution is -0.123. The fourth-order valence-electron chi connectivity index (χ4n) is 3.13. The Morgan fingerprint density at radius 1 is 1.11 bits per heavy atom. The quantitative estimate of drug-likeness (QED) is 0.769. The first kappa shape index (κ1) is 13.0. The van der Waals surface area contributed by atoms with E-state index in [2.05, 4.69) is 23.1 Å². The molecule has 0 aromatic heterocycles. The maximum absolute atomic E-state index is 12.8. The highest BCUT2D eigenvalue weighted by molar-refractivity contribution is 7.99. The molecule has 1 saturated carbocycles. The van der Waals surface area contributed by atoms with E-state index in [1.54, 1.807) is 0 Å². The molecule has 0 saturated heterocycles. The summed E-state index contributed by atoms with van der Waals surface area (Å²) in [5.74, 6) is 1.76. The fraction of sp³-hybridized carbons (Fsp3) is 0.562. The van der Waals surface area contributed by atoms with E-state index in [1.165, 1.54) is 24.2 Å². The molecule has 1 fully saturated rings. The Morgan fingerprint density at radius 2 is 1.89 bits per heavy atom. The average Bonchev–Trinajstić information content (AvgIpc) is 2.70. The second kappa shape index (κ2) is 6.00. The standard InChI is InChI=1S/C16H21NOS/c18-16(13-7-2-1-3-8-13)17-11-6-12-19-15-10-5-4-9-14(15)17/h4-5,9-10,13H,1-3,6-8,11-12H2. The van der Waals surface area contributed by atoms with Crippen molar-refractivity contribution < 1.29 is 4.79 Å². The van der Waals surface area contributed by atoms with Gasteiger partial charge in [0.05, 0.1) is 5.69 Å². The maximum atomic E-state index is 12.8. The third kappa shape index (κ3) is 2.81. The van der Waals surface area contributed by atoms with Gasteiger partial charge in [-0.05, 0) is 37.1 Å². The maximum Gasteiger partial charge on any atom is 0.230 e. The van der Waals surface area contributed by atoms with Crippen LogP contribution in [0.5, 0.6) is 0 Å². The van der Waals surface area contributed by atoms with E-state index in [9.17, 15) is 4.79 Å². The minimum atomic E-state index is 0.268. The molecule has 0 atom stereocenters. The third-order valence-corrected chi connectivity index (χ3v) is 5.31. The lowest BCUT2D eigenvalue weighted by Crippen LogP contribution is -2.37. The molecule has 0 bridgehead atoms. The molecular formula is C16H21NOS. The molecule has 1 amide bonds. The Morgan fingerprint density at radius 3 is 2.74 bits per heavy atom. The van der Waals surface area contributed by atoms with Gasteiger partial charge in [0.1, 0.15) is 0 Å². The summed E-state index contributed by atoms with van der Waals surface area (Å²) in [7, 11) is 0. The van der Waals surface area contributed by atoms with Crippen LogP contribution in [-0.2, 0) is 4.79 Å². The average molecular weight is 275 g/mol. The Labute approximate surface area is 119 Å². The number of rotatable bonds is 1. The Hall–Kier alpha value is -0.960. The largest absolute Gasteiger partial charge is 0.311 e. The van der Waals surface area contributed by atoms with Crippen LogP contribution in [0.15, 0.2) is 29.2 Å². The van der Waals surface area contributed by atoms with E-state index < -0.39 is 0 Å². The number of carbonyl (C=O) groups is 1. The van der Waals surface area contributed by atoms with Crippen LogP contribution < -0.4 is 4.90 Å². The van der Waals surface area contributed by atoms with Gasteiger partial charge < -0.3 is 4.90 Å². The summed E-state index contributed by atoms with van der Waals surface area (Å²) in [6.45, 7) is 0.888. The van der Waals surface area contributed by atoms with Gasteiger partial charge in [-0.25, -0.2) is 0 Å². The molecule has 1 aliphatic heterocycles. The molecule has 2 nitrogen and oxygen atoms in total. The van der Waals surface area contributed by atoms with Crippen molar-refractivity contribution in [2.45, 2.75) is 43.4 Å². The van der Waals surface area contributed by atoms with Crippen LogP contribution in [0.1, 0.15) is 38.5 Å². The Kier molecular flexibility index (Phi) is 4.12. The van der Waals surface area contributed by atoms with Crippen molar-refractivity contribution in [3.8, 4) is 0 Å². The van der Waals surface area contributed by atoms with Gasteiger partial charge in [-0.2, -0.15) is 0 Å². The Bertz CT molecular complexity index is 454. The van der Waals surface area contributed by atoms with Crippen molar-refractivity contribution in [1.82, 2.24) is 0 Å². The van der Waals surface area contributed by atoms with Crippen molar-refractivity contribution in [2.75, 3.05) is 17.2 Å². The third-order valence-electron chi connectivity index (χ3n) is 4.16. The first-order chi connectivity index (χ1) is 9.36. The summed E-state index contributed by atoms with van der Waals surface area (Å²) >= 11 is 1.88. The number of hydrogen-bond acceptors (Lipinski definition) is 2. The van der Waals surface area contributed by atoms with Gasteiger partial charge in [0.15, 0.2) is 0 Å². The molecule has 1 aromatic carbocycles. The van der Waals surface area contributed by atoms with Crippen molar-refractivity contribution in [2.24, 2.45) is 5.92 Å². The molecule has 3 heteroatoms. The Balaban J connectivity index is 1.84. The highest BCUT2D eigenvalue weighted by Crippen LogP contribution is 2.35.